The average molecular weight is 662 g/mol. The van der Waals surface area contributed by atoms with Gasteiger partial charge in [-0.05, 0) is 41.3 Å². The van der Waals surface area contributed by atoms with Crippen molar-refractivity contribution in [2.24, 2.45) is 5.41 Å². The Morgan fingerprint density at radius 1 is 1.15 bits per heavy atom. The van der Waals surface area contributed by atoms with E-state index in [9.17, 15) is 10.1 Å². The first kappa shape index (κ1) is 34.0. The van der Waals surface area contributed by atoms with Gasteiger partial charge in [0.05, 0.1) is 30.2 Å². The molecule has 47 heavy (non-hydrogen) atoms. The number of hydrogen-bond donors (Lipinski definition) is 2. The number of nitrogens with one attached hydrogen (secondary N) is 2. The molecule has 4 aromatic rings. The van der Waals surface area contributed by atoms with Crippen molar-refractivity contribution >= 4 is 30.8 Å². The van der Waals surface area contributed by atoms with Gasteiger partial charge in [0, 0.05) is 62.4 Å². The molecular formula is C35H41F2N5O4Si. The zero-order valence-corrected chi connectivity index (χ0v) is 28.7. The second kappa shape index (κ2) is 13.8. The summed E-state index contributed by atoms with van der Waals surface area (Å²) in [6.45, 7) is 15.2. The molecule has 1 fully saturated rings. The average Bonchev–Trinajstić information content (AvgIpc) is 3.37. The van der Waals surface area contributed by atoms with E-state index < -0.39 is 31.5 Å². The molecule has 0 bridgehead atoms. The third-order valence-corrected chi connectivity index (χ3v) is 9.79. The Morgan fingerprint density at radius 2 is 1.87 bits per heavy atom. The maximum absolute atomic E-state index is 15.4. The van der Waals surface area contributed by atoms with Crippen LogP contribution in [0.15, 0.2) is 48.8 Å². The number of anilines is 1. The highest BCUT2D eigenvalue weighted by atomic mass is 28.3. The van der Waals surface area contributed by atoms with Crippen LogP contribution in [0, 0.1) is 28.4 Å². The Hall–Kier alpha value is -4.31. The molecule has 1 aliphatic heterocycles. The molecule has 5 rings (SSSR count). The quantitative estimate of drug-likeness (QED) is 0.117. The van der Waals surface area contributed by atoms with Crippen molar-refractivity contribution in [2.75, 3.05) is 31.7 Å². The lowest BCUT2D eigenvalue weighted by Crippen LogP contribution is -2.49. The van der Waals surface area contributed by atoms with Gasteiger partial charge in [-0.2, -0.15) is 5.26 Å². The van der Waals surface area contributed by atoms with Gasteiger partial charge < -0.3 is 29.4 Å². The lowest BCUT2D eigenvalue weighted by Gasteiger charge is -2.37. The van der Waals surface area contributed by atoms with Crippen LogP contribution < -0.4 is 15.4 Å². The summed E-state index contributed by atoms with van der Waals surface area (Å²) >= 11 is 0. The molecule has 3 heterocycles. The van der Waals surface area contributed by atoms with Crippen LogP contribution in [0.2, 0.25) is 25.7 Å². The Morgan fingerprint density at radius 3 is 2.49 bits per heavy atom. The summed E-state index contributed by atoms with van der Waals surface area (Å²) in [4.78, 5) is 17.0. The summed E-state index contributed by atoms with van der Waals surface area (Å²) in [7, 11) is -1.31. The van der Waals surface area contributed by atoms with Gasteiger partial charge in [0.2, 0.25) is 0 Å². The van der Waals surface area contributed by atoms with Crippen molar-refractivity contribution in [3.05, 3.63) is 71.6 Å². The van der Waals surface area contributed by atoms with Crippen LogP contribution in [0.5, 0.6) is 11.5 Å². The summed E-state index contributed by atoms with van der Waals surface area (Å²) < 4.78 is 50.0. The van der Waals surface area contributed by atoms with Crippen LogP contribution in [-0.4, -0.2) is 50.0 Å². The van der Waals surface area contributed by atoms with E-state index >= 15 is 8.78 Å². The van der Waals surface area contributed by atoms with Gasteiger partial charge >= 0.3 is 6.03 Å². The first-order chi connectivity index (χ1) is 22.3. The molecule has 0 saturated carbocycles. The summed E-state index contributed by atoms with van der Waals surface area (Å²) in [6.07, 6.45) is 3.42. The van der Waals surface area contributed by atoms with Crippen LogP contribution >= 0.6 is 0 Å². The number of halogens is 2. The Kier molecular flexibility index (Phi) is 10.0. The fraction of sp³-hybridized carbons (Fsp3) is 0.400. The molecule has 248 valence electrons. The predicted octanol–water partition coefficient (Wildman–Crippen LogP) is 8.24. The largest absolute Gasteiger partial charge is 0.450 e. The number of carbonyl (C=O) groups is 1. The van der Waals surface area contributed by atoms with Crippen LogP contribution in [0.25, 0.3) is 22.2 Å². The van der Waals surface area contributed by atoms with Crippen LogP contribution in [-0.2, 0) is 16.2 Å². The standard InChI is InChI=1S/C35H41F2N5O4Si/c1-22(2)26-13-23(16-38)7-8-25(26)27-17-42(21-44-11-12-47(4,5)6)33-31(27)30(9-10-39-33)46-32-28(36)14-24(15-29(32)37)41-34(43)40-18-35(3)19-45-20-35/h7-10,13-15,17,22H,11-12,18-21H2,1-6H3,(H2,40,41,43). The number of nitrogens with zero attached hydrogens (tertiary/aromatic N) is 3. The molecule has 2 amide bonds. The third kappa shape index (κ3) is 7.98. The molecule has 1 saturated heterocycles. The van der Waals surface area contributed by atoms with Gasteiger partial charge in [0.15, 0.2) is 17.4 Å². The van der Waals surface area contributed by atoms with E-state index in [-0.39, 0.29) is 29.5 Å². The molecule has 9 nitrogen and oxygen atoms in total. The summed E-state index contributed by atoms with van der Waals surface area (Å²) in [5.41, 5.74) is 3.34. The number of aromatic nitrogens is 2. The number of amides is 2. The van der Waals surface area contributed by atoms with Gasteiger partial charge in [-0.15, -0.1) is 0 Å². The highest BCUT2D eigenvalue weighted by Crippen LogP contribution is 2.42. The van der Waals surface area contributed by atoms with E-state index in [2.05, 4.69) is 41.3 Å². The number of ether oxygens (including phenoxy) is 3. The molecule has 0 radical (unpaired) electrons. The van der Waals surface area contributed by atoms with Crippen molar-refractivity contribution in [2.45, 2.75) is 59.1 Å². The topological polar surface area (TPSA) is 110 Å². The molecule has 2 aromatic carbocycles. The van der Waals surface area contributed by atoms with Gasteiger partial charge in [0.1, 0.15) is 18.1 Å². The summed E-state index contributed by atoms with van der Waals surface area (Å²) in [5.74, 6) is -2.32. The second-order valence-corrected chi connectivity index (χ2v) is 19.5. The molecule has 12 heteroatoms. The third-order valence-electron chi connectivity index (χ3n) is 8.08. The van der Waals surface area contributed by atoms with Crippen molar-refractivity contribution in [3.8, 4) is 28.7 Å². The zero-order chi connectivity index (χ0) is 33.9. The molecule has 0 atom stereocenters. The number of carbonyl (C=O) groups excluding carboxylic acids is 1. The van der Waals surface area contributed by atoms with Crippen molar-refractivity contribution in [3.63, 3.8) is 0 Å². The Bertz CT molecular complexity index is 1800. The molecule has 2 N–H and O–H groups in total. The maximum Gasteiger partial charge on any atom is 0.319 e. The Balaban J connectivity index is 1.49. The molecule has 2 aromatic heterocycles. The zero-order valence-electron chi connectivity index (χ0n) is 27.7. The minimum atomic E-state index is -1.31. The first-order valence-corrected chi connectivity index (χ1v) is 19.4. The minimum Gasteiger partial charge on any atom is -0.450 e. The fourth-order valence-corrected chi connectivity index (χ4v) is 6.09. The van der Waals surface area contributed by atoms with Crippen LogP contribution in [0.3, 0.4) is 0 Å². The smallest absolute Gasteiger partial charge is 0.319 e. The highest BCUT2D eigenvalue weighted by molar-refractivity contribution is 6.76. The summed E-state index contributed by atoms with van der Waals surface area (Å²) in [5, 5.41) is 15.3. The SMILES string of the molecule is CC(C)c1cc(C#N)ccc1-c1cn(COCC[Si](C)(C)C)c2nccc(Oc3c(F)cc(NC(=O)NCC4(C)COC4)cc3F)c12. The van der Waals surface area contributed by atoms with E-state index in [1.165, 1.54) is 6.20 Å². The van der Waals surface area contributed by atoms with Gasteiger partial charge in [0.25, 0.3) is 0 Å². The molecule has 1 aliphatic rings. The van der Waals surface area contributed by atoms with Gasteiger partial charge in [-0.3, -0.25) is 0 Å². The number of nitriles is 1. The van der Waals surface area contributed by atoms with E-state index in [0.29, 0.717) is 43.0 Å². The number of hydrogen-bond acceptors (Lipinski definition) is 6. The maximum atomic E-state index is 15.4. The normalized spacial score (nSPS) is 14.1. The van der Waals surface area contributed by atoms with Gasteiger partial charge in [-0.1, -0.05) is 46.5 Å². The molecular weight excluding hydrogens is 620 g/mol. The summed E-state index contributed by atoms with van der Waals surface area (Å²) in [6, 6.07) is 11.7. The van der Waals surface area contributed by atoms with Crippen molar-refractivity contribution in [1.29, 1.82) is 5.26 Å². The number of rotatable bonds is 12. The minimum absolute atomic E-state index is 0.0544. The number of fused-ring (bicyclic) bond motifs is 1. The fourth-order valence-electron chi connectivity index (χ4n) is 5.33. The number of urea groups is 1. The van der Waals surface area contributed by atoms with Crippen molar-refractivity contribution in [1.82, 2.24) is 14.9 Å². The van der Waals surface area contributed by atoms with E-state index in [1.807, 2.05) is 43.7 Å². The molecule has 0 aliphatic carbocycles. The second-order valence-electron chi connectivity index (χ2n) is 13.9. The number of pyridine rings is 1. The Labute approximate surface area is 274 Å². The van der Waals surface area contributed by atoms with Gasteiger partial charge in [-0.25, -0.2) is 18.6 Å². The first-order valence-electron chi connectivity index (χ1n) is 15.7. The van der Waals surface area contributed by atoms with Crippen LogP contribution in [0.1, 0.15) is 37.8 Å². The predicted molar refractivity (Wildman–Crippen MR) is 180 cm³/mol. The molecule has 0 spiro atoms. The monoisotopic (exact) mass is 661 g/mol. The van der Waals surface area contributed by atoms with Crippen LogP contribution in [0.4, 0.5) is 19.3 Å². The van der Waals surface area contributed by atoms with E-state index in [0.717, 1.165) is 34.9 Å². The number of benzene rings is 2. The molecule has 0 unspecified atom stereocenters. The lowest BCUT2D eigenvalue weighted by molar-refractivity contribution is -0.0974. The lowest BCUT2D eigenvalue weighted by atomic mass is 9.89. The van der Waals surface area contributed by atoms with E-state index in [4.69, 9.17) is 14.2 Å². The van der Waals surface area contributed by atoms with Crippen molar-refractivity contribution < 1.29 is 27.8 Å². The van der Waals surface area contributed by atoms with E-state index in [1.54, 1.807) is 12.1 Å². The highest BCUT2D eigenvalue weighted by Gasteiger charge is 2.33.